The van der Waals surface area contributed by atoms with Crippen LogP contribution in [0.4, 0.5) is 5.69 Å². The van der Waals surface area contributed by atoms with Crippen LogP contribution in [0.25, 0.3) is 0 Å². The Morgan fingerprint density at radius 3 is 2.54 bits per heavy atom. The molecule has 26 heavy (non-hydrogen) atoms. The Morgan fingerprint density at radius 2 is 1.88 bits per heavy atom. The molecule has 0 aliphatic carbocycles. The molecule has 1 aliphatic heterocycles. The molecular formula is C21H26N2O3. The maximum atomic E-state index is 12.5. The summed E-state index contributed by atoms with van der Waals surface area (Å²) in [4.78, 5) is 12.5. The summed E-state index contributed by atoms with van der Waals surface area (Å²) in [5.41, 5.74) is 2.71. The van der Waals surface area contributed by atoms with Gasteiger partial charge in [0.2, 0.25) is 5.91 Å². The minimum atomic E-state index is -0.298. The summed E-state index contributed by atoms with van der Waals surface area (Å²) < 4.78 is 5.29. The van der Waals surface area contributed by atoms with E-state index in [9.17, 15) is 9.90 Å². The molecule has 1 fully saturated rings. The second-order valence-electron chi connectivity index (χ2n) is 7.28. The molecule has 0 radical (unpaired) electrons. The molecule has 0 saturated carbocycles. The van der Waals surface area contributed by atoms with Crippen molar-refractivity contribution in [3.05, 3.63) is 59.7 Å². The van der Waals surface area contributed by atoms with Crippen LogP contribution in [0.5, 0.6) is 5.75 Å². The number of aliphatic hydroxyl groups excluding tert-OH is 1. The maximum Gasteiger partial charge on any atom is 0.242 e. The standard InChI is InChI=1S/C21H26N2O3/c1-21(2,15-24)17-7-9-18(10-8-17)23-20(25)11-12-22(23)14-16-5-4-6-19(13-16)26-3/h4-10,13,24H,11-12,14-15H2,1-3H3. The van der Waals surface area contributed by atoms with Gasteiger partial charge in [0.05, 0.1) is 19.4 Å². The number of hydrogen-bond donors (Lipinski definition) is 1. The number of hydrogen-bond acceptors (Lipinski definition) is 4. The van der Waals surface area contributed by atoms with Gasteiger partial charge in [-0.1, -0.05) is 38.1 Å². The van der Waals surface area contributed by atoms with Gasteiger partial charge in [0.25, 0.3) is 0 Å². The highest BCUT2D eigenvalue weighted by molar-refractivity contribution is 5.94. The maximum absolute atomic E-state index is 12.5. The van der Waals surface area contributed by atoms with Crippen LogP contribution in [0.2, 0.25) is 0 Å². The number of carbonyl (C=O) groups excluding carboxylic acids is 1. The smallest absolute Gasteiger partial charge is 0.242 e. The molecule has 0 atom stereocenters. The molecule has 5 heteroatoms. The average Bonchev–Trinajstić information content (AvgIpc) is 3.02. The van der Waals surface area contributed by atoms with Gasteiger partial charge >= 0.3 is 0 Å². The number of carbonyl (C=O) groups is 1. The van der Waals surface area contributed by atoms with Gasteiger partial charge in [-0.15, -0.1) is 0 Å². The lowest BCUT2D eigenvalue weighted by Gasteiger charge is -2.29. The van der Waals surface area contributed by atoms with Crippen LogP contribution in [-0.4, -0.2) is 36.3 Å². The van der Waals surface area contributed by atoms with Crippen molar-refractivity contribution < 1.29 is 14.6 Å². The first-order chi connectivity index (χ1) is 12.4. The molecule has 1 aliphatic rings. The Labute approximate surface area is 154 Å². The molecule has 0 spiro atoms. The molecule has 1 saturated heterocycles. The first kappa shape index (κ1) is 18.4. The summed E-state index contributed by atoms with van der Waals surface area (Å²) in [5.74, 6) is 0.914. The van der Waals surface area contributed by atoms with E-state index in [0.717, 1.165) is 22.6 Å². The lowest BCUT2D eigenvalue weighted by Crippen LogP contribution is -2.38. The zero-order valence-corrected chi connectivity index (χ0v) is 15.6. The molecule has 1 N–H and O–H groups in total. The normalized spacial score (nSPS) is 15.5. The Balaban J connectivity index is 1.81. The van der Waals surface area contributed by atoms with Crippen LogP contribution in [0.15, 0.2) is 48.5 Å². The lowest BCUT2D eigenvalue weighted by atomic mass is 9.85. The first-order valence-electron chi connectivity index (χ1n) is 8.87. The highest BCUT2D eigenvalue weighted by Crippen LogP contribution is 2.29. The van der Waals surface area contributed by atoms with Gasteiger partial charge in [-0.3, -0.25) is 4.79 Å². The number of ether oxygens (including phenoxy) is 1. The third-order valence-corrected chi connectivity index (χ3v) is 4.89. The number of anilines is 1. The van der Waals surface area contributed by atoms with Gasteiger partial charge in [0, 0.05) is 24.9 Å². The quantitative estimate of drug-likeness (QED) is 0.866. The molecule has 2 aromatic rings. The zero-order chi connectivity index (χ0) is 18.7. The van der Waals surface area contributed by atoms with Crippen molar-refractivity contribution in [3.63, 3.8) is 0 Å². The molecule has 3 rings (SSSR count). The molecular weight excluding hydrogens is 328 g/mol. The predicted molar refractivity (Wildman–Crippen MR) is 102 cm³/mol. The van der Waals surface area contributed by atoms with Crippen molar-refractivity contribution in [2.45, 2.75) is 32.2 Å². The third-order valence-electron chi connectivity index (χ3n) is 4.89. The Hall–Kier alpha value is -2.37. The van der Waals surface area contributed by atoms with Crippen LogP contribution < -0.4 is 9.75 Å². The molecule has 0 aromatic heterocycles. The topological polar surface area (TPSA) is 53.0 Å². The van der Waals surface area contributed by atoms with Crippen molar-refractivity contribution in [2.75, 3.05) is 25.3 Å². The fourth-order valence-electron chi connectivity index (χ4n) is 3.17. The molecule has 0 bridgehead atoms. The predicted octanol–water partition coefficient (Wildman–Crippen LogP) is 3.12. The highest BCUT2D eigenvalue weighted by atomic mass is 16.5. The Morgan fingerprint density at radius 1 is 1.15 bits per heavy atom. The minimum Gasteiger partial charge on any atom is -0.497 e. The van der Waals surface area contributed by atoms with Crippen LogP contribution in [0, 0.1) is 0 Å². The van der Waals surface area contributed by atoms with Gasteiger partial charge in [0.1, 0.15) is 5.75 Å². The number of nitrogens with zero attached hydrogens (tertiary/aromatic N) is 2. The Bertz CT molecular complexity index is 771. The van der Waals surface area contributed by atoms with E-state index in [-0.39, 0.29) is 17.9 Å². The fourth-order valence-corrected chi connectivity index (χ4v) is 3.17. The van der Waals surface area contributed by atoms with E-state index in [1.165, 1.54) is 0 Å². The summed E-state index contributed by atoms with van der Waals surface area (Å²) >= 11 is 0. The molecule has 1 heterocycles. The van der Waals surface area contributed by atoms with Gasteiger partial charge in [-0.05, 0) is 35.4 Å². The van der Waals surface area contributed by atoms with E-state index in [2.05, 4.69) is 5.01 Å². The van der Waals surface area contributed by atoms with Crippen LogP contribution in [0.1, 0.15) is 31.4 Å². The van der Waals surface area contributed by atoms with Crippen molar-refractivity contribution in [1.82, 2.24) is 5.01 Å². The second kappa shape index (κ2) is 7.48. The van der Waals surface area contributed by atoms with Crippen LogP contribution in [0.3, 0.4) is 0 Å². The number of rotatable bonds is 6. The molecule has 2 aromatic carbocycles. The Kier molecular flexibility index (Phi) is 5.30. The van der Waals surface area contributed by atoms with Gasteiger partial charge in [0.15, 0.2) is 0 Å². The van der Waals surface area contributed by atoms with Gasteiger partial charge in [-0.2, -0.15) is 0 Å². The minimum absolute atomic E-state index is 0.0803. The summed E-state index contributed by atoms with van der Waals surface area (Å²) in [7, 11) is 1.65. The number of aliphatic hydroxyl groups is 1. The average molecular weight is 354 g/mol. The first-order valence-corrected chi connectivity index (χ1v) is 8.87. The van der Waals surface area contributed by atoms with E-state index in [1.54, 1.807) is 12.1 Å². The fraction of sp³-hybridized carbons (Fsp3) is 0.381. The molecule has 0 unspecified atom stereocenters. The summed E-state index contributed by atoms with van der Waals surface area (Å²) in [5, 5.41) is 13.4. The number of methoxy groups -OCH3 is 1. The zero-order valence-electron chi connectivity index (χ0n) is 15.6. The monoisotopic (exact) mass is 354 g/mol. The largest absolute Gasteiger partial charge is 0.497 e. The number of benzene rings is 2. The molecule has 1 amide bonds. The number of amides is 1. The van der Waals surface area contributed by atoms with E-state index in [0.29, 0.717) is 19.5 Å². The van der Waals surface area contributed by atoms with Crippen molar-refractivity contribution in [2.24, 2.45) is 0 Å². The summed E-state index contributed by atoms with van der Waals surface area (Å²) in [6.45, 7) is 5.42. The van der Waals surface area contributed by atoms with Gasteiger partial charge in [-0.25, -0.2) is 10.0 Å². The van der Waals surface area contributed by atoms with Crippen molar-refractivity contribution in [1.29, 1.82) is 0 Å². The highest BCUT2D eigenvalue weighted by Gasteiger charge is 2.30. The van der Waals surface area contributed by atoms with Crippen LogP contribution in [-0.2, 0) is 16.8 Å². The van der Waals surface area contributed by atoms with Crippen LogP contribution >= 0.6 is 0 Å². The molecule has 138 valence electrons. The van der Waals surface area contributed by atoms with Crippen molar-refractivity contribution >= 4 is 11.6 Å². The number of hydrazine groups is 1. The van der Waals surface area contributed by atoms with Gasteiger partial charge < -0.3 is 9.84 Å². The van der Waals surface area contributed by atoms with Crippen molar-refractivity contribution in [3.8, 4) is 5.75 Å². The third kappa shape index (κ3) is 3.74. The van der Waals surface area contributed by atoms with E-state index in [1.807, 2.05) is 62.4 Å². The summed E-state index contributed by atoms with van der Waals surface area (Å²) in [6.07, 6.45) is 0.508. The van der Waals surface area contributed by atoms with E-state index < -0.39 is 0 Å². The summed E-state index contributed by atoms with van der Waals surface area (Å²) in [6, 6.07) is 15.8. The van der Waals surface area contributed by atoms with E-state index >= 15 is 0 Å². The SMILES string of the molecule is COc1cccc(CN2CCC(=O)N2c2ccc(C(C)(C)CO)cc2)c1. The lowest BCUT2D eigenvalue weighted by molar-refractivity contribution is -0.118. The molecule has 5 nitrogen and oxygen atoms in total. The van der Waals surface area contributed by atoms with E-state index in [4.69, 9.17) is 4.74 Å². The second-order valence-corrected chi connectivity index (χ2v) is 7.28.